The second-order valence-electron chi connectivity index (χ2n) is 8.11. The average molecular weight is 688 g/mol. The second kappa shape index (κ2) is 20.4. The van der Waals surface area contributed by atoms with Crippen molar-refractivity contribution in [2.75, 3.05) is 0 Å². The Kier molecular flexibility index (Phi) is 20.1. The van der Waals surface area contributed by atoms with Crippen molar-refractivity contribution in [2.24, 2.45) is 0 Å². The van der Waals surface area contributed by atoms with E-state index < -0.39 is 5.97 Å². The molecule has 7 nitrogen and oxygen atoms in total. The molecule has 1 aliphatic rings. The first-order valence-corrected chi connectivity index (χ1v) is 12.1. The quantitative estimate of drug-likeness (QED) is 0.215. The number of aliphatic carboxylic acids is 1. The zero-order chi connectivity index (χ0) is 24.8. The van der Waals surface area contributed by atoms with E-state index in [1.165, 1.54) is 19.3 Å². The smallest absolute Gasteiger partial charge is 0.693 e. The minimum absolute atomic E-state index is 0. The van der Waals surface area contributed by atoms with Crippen LogP contribution >= 0.6 is 0 Å². The summed E-state index contributed by atoms with van der Waals surface area (Å²) >= 11 is 0. The third-order valence-corrected chi connectivity index (χ3v) is 5.43. The summed E-state index contributed by atoms with van der Waals surface area (Å²) in [6.07, 6.45) is 9.99. The molecule has 37 heavy (non-hydrogen) atoms. The number of rotatable bonds is 2. The van der Waals surface area contributed by atoms with Gasteiger partial charge in [-0.3, -0.25) is 14.8 Å². The van der Waals surface area contributed by atoms with Gasteiger partial charge in [0.15, 0.2) is 0 Å². The van der Waals surface area contributed by atoms with Gasteiger partial charge in [-0.05, 0) is 24.6 Å². The summed E-state index contributed by atoms with van der Waals surface area (Å²) in [5.74, 6) is -0.783. The van der Waals surface area contributed by atoms with E-state index in [0.717, 1.165) is 45.8 Å². The maximum Gasteiger partial charge on any atom is 2.00 e. The number of carboxylic acids is 1. The van der Waals surface area contributed by atoms with Gasteiger partial charge in [-0.15, -0.1) is 6.04 Å². The van der Waals surface area contributed by atoms with Crippen LogP contribution in [0.1, 0.15) is 57.1 Å². The number of nitrogens with zero attached hydrogens (tertiary/aromatic N) is 2. The van der Waals surface area contributed by atoms with E-state index >= 15 is 0 Å². The molecule has 2 aromatic heterocycles. The van der Waals surface area contributed by atoms with Gasteiger partial charge < -0.3 is 22.5 Å². The Morgan fingerprint density at radius 3 is 1.70 bits per heavy atom. The minimum Gasteiger partial charge on any atom is -0.693 e. The normalized spacial score (nSPS) is 11.9. The third kappa shape index (κ3) is 12.9. The Labute approximate surface area is 235 Å². The van der Waals surface area contributed by atoms with Crippen LogP contribution in [0.3, 0.4) is 0 Å². The van der Waals surface area contributed by atoms with Crippen molar-refractivity contribution >= 4 is 27.8 Å². The molecule has 0 amide bonds. The predicted octanol–water partition coefficient (Wildman–Crippen LogP) is 7.69. The number of aryl methyl sites for hydroxylation is 1. The summed E-state index contributed by atoms with van der Waals surface area (Å²) in [4.78, 5) is 18.9. The van der Waals surface area contributed by atoms with Gasteiger partial charge in [-0.1, -0.05) is 100 Å². The maximum absolute atomic E-state index is 10.3. The van der Waals surface area contributed by atoms with E-state index in [1.54, 1.807) is 12.4 Å². The molecule has 0 unspecified atom stereocenters. The fourth-order valence-corrected chi connectivity index (χ4v) is 3.66. The van der Waals surface area contributed by atoms with Crippen LogP contribution in [0.15, 0.2) is 73.1 Å². The number of nitrogens with two attached hydrogens (primary N) is 1. The van der Waals surface area contributed by atoms with Crippen LogP contribution < -0.4 is 0 Å². The van der Waals surface area contributed by atoms with Crippen molar-refractivity contribution in [3.63, 3.8) is 0 Å². The summed E-state index contributed by atoms with van der Waals surface area (Å²) in [5, 5.41) is 10.7. The Morgan fingerprint density at radius 2 is 1.32 bits per heavy atom. The molecule has 0 saturated heterocycles. The Hall–Kier alpha value is -2.70. The van der Waals surface area contributed by atoms with E-state index in [4.69, 9.17) is 10.8 Å². The number of nitrogens with one attached hydrogen (secondary N) is 1. The number of benzene rings is 2. The van der Waals surface area contributed by atoms with Crippen molar-refractivity contribution in [2.45, 2.75) is 65.3 Å². The van der Waals surface area contributed by atoms with Crippen molar-refractivity contribution in [3.8, 4) is 0 Å². The summed E-state index contributed by atoms with van der Waals surface area (Å²) in [5.41, 5.74) is 11.2. The van der Waals surface area contributed by atoms with Crippen LogP contribution in [0.5, 0.6) is 0 Å². The van der Waals surface area contributed by atoms with E-state index in [1.807, 2.05) is 57.2 Å². The second-order valence-corrected chi connectivity index (χ2v) is 8.11. The fourth-order valence-electron chi connectivity index (χ4n) is 3.66. The summed E-state index contributed by atoms with van der Waals surface area (Å²) < 4.78 is 0. The molecule has 0 aliphatic heterocycles. The topological polar surface area (TPSA) is 152 Å². The van der Waals surface area contributed by atoms with Crippen LogP contribution in [0.25, 0.3) is 33.7 Å². The molecule has 1 fully saturated rings. The molecule has 204 valence electrons. The Balaban J connectivity index is 0. The molecule has 2 heterocycles. The number of fused-ring (bicyclic) bond motifs is 3. The zero-order valence-electron chi connectivity index (χ0n) is 21.9. The molecule has 5 rings (SSSR count). The molecular formula is C29H40N4O3Pt. The van der Waals surface area contributed by atoms with Crippen molar-refractivity contribution in [1.82, 2.24) is 9.97 Å². The maximum atomic E-state index is 10.3. The SMILES string of the molecule is CC.Cc1ccc(CC(=O)O)cc1.O.[NH-]C1CCCCC1.[NH2-].[Pt+2].c1cnc2c(c1)ccc1cccnc12. The first-order chi connectivity index (χ1) is 16.5. The number of aromatic nitrogens is 2. The largest absolute Gasteiger partial charge is 2.00 e. The zero-order valence-corrected chi connectivity index (χ0v) is 24.2. The number of carboxylic acid groups (broad SMARTS) is 1. The molecular weight excluding hydrogens is 647 g/mol. The molecule has 0 atom stereocenters. The molecule has 0 bridgehead atoms. The van der Waals surface area contributed by atoms with E-state index in [-0.39, 0.29) is 45.2 Å². The van der Waals surface area contributed by atoms with E-state index in [0.29, 0.717) is 0 Å². The van der Waals surface area contributed by atoms with Crippen molar-refractivity contribution < 1.29 is 36.4 Å². The summed E-state index contributed by atoms with van der Waals surface area (Å²) in [6.45, 7) is 5.98. The van der Waals surface area contributed by atoms with Gasteiger partial charge in [0.25, 0.3) is 0 Å². The Bertz CT molecular complexity index is 1100. The number of carbonyl (C=O) groups is 1. The minimum atomic E-state index is -0.783. The monoisotopic (exact) mass is 687 g/mol. The van der Waals surface area contributed by atoms with Crippen LogP contribution in [-0.2, 0) is 32.3 Å². The molecule has 8 heteroatoms. The van der Waals surface area contributed by atoms with Gasteiger partial charge in [-0.2, -0.15) is 0 Å². The van der Waals surface area contributed by atoms with Gasteiger partial charge in [0.1, 0.15) is 0 Å². The number of hydrogen-bond donors (Lipinski definition) is 1. The van der Waals surface area contributed by atoms with Crippen molar-refractivity contribution in [3.05, 3.63) is 96.1 Å². The van der Waals surface area contributed by atoms with E-state index in [2.05, 4.69) is 34.2 Å². The van der Waals surface area contributed by atoms with Crippen LogP contribution in [-0.4, -0.2) is 32.6 Å². The standard InChI is InChI=1S/C12H8N2.C9H10O2.C6H12N.C2H6.H2N.H2O.Pt/c1-3-9-5-6-10-4-2-8-14-12(10)11(9)13-7-1;1-7-2-4-8(5-3-7)6-9(10)11;7-6-4-2-1-3-5-6;1-2;;;/h1-8H;2-5H,6H2,1H3,(H,10,11);6-7H,1-5H2;1-2H3;2*1H2;/q;;-1;;-1;;+2. The average Bonchev–Trinajstić information content (AvgIpc) is 2.88. The molecule has 6 N–H and O–H groups in total. The number of hydrogen-bond acceptors (Lipinski definition) is 3. The van der Waals surface area contributed by atoms with Crippen LogP contribution in [0.2, 0.25) is 0 Å². The molecule has 2 aromatic carbocycles. The molecule has 0 spiro atoms. The first kappa shape index (κ1) is 36.5. The van der Waals surface area contributed by atoms with Crippen molar-refractivity contribution in [1.29, 1.82) is 0 Å². The van der Waals surface area contributed by atoms with E-state index in [9.17, 15) is 4.79 Å². The fraction of sp³-hybridized carbons (Fsp3) is 0.345. The summed E-state index contributed by atoms with van der Waals surface area (Å²) in [6, 6.07) is 19.9. The molecule has 4 aromatic rings. The predicted molar refractivity (Wildman–Crippen MR) is 151 cm³/mol. The number of pyridine rings is 2. The van der Waals surface area contributed by atoms with Gasteiger partial charge in [0, 0.05) is 23.2 Å². The molecule has 0 radical (unpaired) electrons. The van der Waals surface area contributed by atoms with Gasteiger partial charge in [-0.25, -0.2) is 0 Å². The summed E-state index contributed by atoms with van der Waals surface area (Å²) in [7, 11) is 0. The van der Waals surface area contributed by atoms with Crippen LogP contribution in [0, 0.1) is 6.92 Å². The Morgan fingerprint density at radius 1 is 0.865 bits per heavy atom. The third-order valence-electron chi connectivity index (χ3n) is 5.43. The molecule has 1 saturated carbocycles. The first-order valence-electron chi connectivity index (χ1n) is 12.1. The van der Waals surface area contributed by atoms with Gasteiger partial charge in [0.2, 0.25) is 0 Å². The molecule has 1 aliphatic carbocycles. The van der Waals surface area contributed by atoms with Gasteiger partial charge in [0.05, 0.1) is 17.5 Å². The van der Waals surface area contributed by atoms with Crippen LogP contribution in [0.4, 0.5) is 0 Å². The van der Waals surface area contributed by atoms with Gasteiger partial charge >= 0.3 is 27.0 Å².